The Morgan fingerprint density at radius 3 is 0.937 bits per heavy atom. The Bertz CT molecular complexity index is 3240. The highest BCUT2D eigenvalue weighted by Crippen LogP contribution is 2.54. The van der Waals surface area contributed by atoms with Crippen LogP contribution in [0.3, 0.4) is 0 Å². The van der Waals surface area contributed by atoms with Crippen molar-refractivity contribution in [3.63, 3.8) is 0 Å². The molecular formula is C62H56O. The van der Waals surface area contributed by atoms with Gasteiger partial charge < -0.3 is 5.11 Å². The Morgan fingerprint density at radius 1 is 0.317 bits per heavy atom. The molecule has 0 aromatic heterocycles. The quantitative estimate of drug-likeness (QED) is 0.177. The van der Waals surface area contributed by atoms with E-state index in [4.69, 9.17) is 0 Å². The van der Waals surface area contributed by atoms with Crippen LogP contribution in [-0.4, -0.2) is 11.7 Å². The molecule has 0 atom stereocenters. The third kappa shape index (κ3) is 5.93. The molecule has 0 heterocycles. The van der Waals surface area contributed by atoms with Crippen molar-refractivity contribution >= 4 is 0 Å². The Kier molecular flexibility index (Phi) is 8.70. The SMILES string of the molecule is Cc1ccc2c(c1)C(C)(C)c1cc(-c3ccc4c(c3)C(C)(C)c3cc(-c5ccc6c(c5)C(C)(C)c5cc(-c7ccc(-c8ccc(CCO)cc8C)c(C)c7)ccc5-6)ccc3-4)ccc1-2. The number of hydrogen-bond acceptors (Lipinski definition) is 1. The number of rotatable bonds is 6. The maximum absolute atomic E-state index is 9.43. The van der Waals surface area contributed by atoms with Crippen molar-refractivity contribution < 1.29 is 5.11 Å². The minimum Gasteiger partial charge on any atom is -0.396 e. The van der Waals surface area contributed by atoms with E-state index in [-0.39, 0.29) is 22.9 Å². The van der Waals surface area contributed by atoms with E-state index in [0.717, 1.165) is 0 Å². The molecule has 8 aromatic rings. The summed E-state index contributed by atoms with van der Waals surface area (Å²) < 4.78 is 0. The molecule has 11 rings (SSSR count). The summed E-state index contributed by atoms with van der Waals surface area (Å²) in [5.41, 5.74) is 31.4. The highest BCUT2D eigenvalue weighted by molar-refractivity contribution is 5.90. The molecule has 0 saturated heterocycles. The van der Waals surface area contributed by atoms with Crippen molar-refractivity contribution in [2.24, 2.45) is 0 Å². The largest absolute Gasteiger partial charge is 0.396 e. The first-order valence-electron chi connectivity index (χ1n) is 22.8. The highest BCUT2D eigenvalue weighted by Gasteiger charge is 2.39. The molecule has 1 nitrogen and oxygen atoms in total. The summed E-state index contributed by atoms with van der Waals surface area (Å²) in [6.07, 6.45) is 0.689. The standard InChI is InChI=1S/C62H56O/c1-36-10-18-48-49-22-14-42(32-55(49)60(4,5)54(48)28-36)43-15-24-52-53-25-17-45(35-59(53)62(8,9)58(52)33-43)44-16-23-51-50-21-13-41(31-56(50)61(6,7)57(51)34-44)40-12-20-47(38(3)30-40)46-19-11-39(26-27-63)29-37(46)2/h10-25,28-35,63H,26-27H2,1-9H3. The first-order valence-corrected chi connectivity index (χ1v) is 22.8. The van der Waals surface area contributed by atoms with Crippen LogP contribution in [0.1, 0.15) is 97.2 Å². The van der Waals surface area contributed by atoms with Crippen LogP contribution < -0.4 is 0 Å². The van der Waals surface area contributed by atoms with Gasteiger partial charge in [-0.3, -0.25) is 0 Å². The molecule has 3 aliphatic carbocycles. The molecule has 310 valence electrons. The van der Waals surface area contributed by atoms with E-state index in [1.54, 1.807) is 0 Å². The molecule has 0 spiro atoms. The van der Waals surface area contributed by atoms with Gasteiger partial charge in [0.25, 0.3) is 0 Å². The summed E-state index contributed by atoms with van der Waals surface area (Å²) in [5.74, 6) is 0. The number of aliphatic hydroxyl groups excluding tert-OH is 1. The van der Waals surface area contributed by atoms with Crippen molar-refractivity contribution in [1.82, 2.24) is 0 Å². The van der Waals surface area contributed by atoms with Crippen LogP contribution in [0.4, 0.5) is 0 Å². The third-order valence-electron chi connectivity index (χ3n) is 15.4. The van der Waals surface area contributed by atoms with E-state index in [1.807, 2.05) is 0 Å². The first kappa shape index (κ1) is 39.6. The fourth-order valence-corrected chi connectivity index (χ4v) is 11.7. The molecule has 0 bridgehead atoms. The Balaban J connectivity index is 0.882. The van der Waals surface area contributed by atoms with E-state index >= 15 is 0 Å². The zero-order valence-corrected chi connectivity index (χ0v) is 38.2. The molecule has 0 amide bonds. The molecule has 0 aliphatic heterocycles. The molecule has 1 N–H and O–H groups in total. The zero-order chi connectivity index (χ0) is 43.7. The van der Waals surface area contributed by atoms with Gasteiger partial charge in [-0.25, -0.2) is 0 Å². The van der Waals surface area contributed by atoms with E-state index in [2.05, 4.69) is 208 Å². The predicted octanol–water partition coefficient (Wildman–Crippen LogP) is 15.7. The fraction of sp³-hybridized carbons (Fsp3) is 0.226. The maximum Gasteiger partial charge on any atom is 0.0471 e. The monoisotopic (exact) mass is 816 g/mol. The highest BCUT2D eigenvalue weighted by atomic mass is 16.2. The average molecular weight is 817 g/mol. The lowest BCUT2D eigenvalue weighted by Gasteiger charge is -2.24. The second-order valence-electron chi connectivity index (χ2n) is 20.4. The van der Waals surface area contributed by atoms with Gasteiger partial charge in [0.2, 0.25) is 0 Å². The number of fused-ring (bicyclic) bond motifs is 9. The van der Waals surface area contributed by atoms with Crippen LogP contribution in [-0.2, 0) is 22.7 Å². The topological polar surface area (TPSA) is 20.2 Å². The van der Waals surface area contributed by atoms with Crippen molar-refractivity contribution in [3.8, 4) is 77.9 Å². The van der Waals surface area contributed by atoms with Gasteiger partial charge >= 0.3 is 0 Å². The molecule has 0 radical (unpaired) electrons. The normalized spacial score (nSPS) is 15.3. The van der Waals surface area contributed by atoms with Crippen LogP contribution in [0.2, 0.25) is 0 Å². The molecular weight excluding hydrogens is 761 g/mol. The van der Waals surface area contributed by atoms with Crippen LogP contribution in [0, 0.1) is 20.8 Å². The second kappa shape index (κ2) is 13.9. The van der Waals surface area contributed by atoms with Gasteiger partial charge in [-0.15, -0.1) is 0 Å². The van der Waals surface area contributed by atoms with E-state index < -0.39 is 0 Å². The van der Waals surface area contributed by atoms with Crippen molar-refractivity contribution in [2.45, 2.75) is 85.0 Å². The van der Waals surface area contributed by atoms with Crippen LogP contribution in [0.25, 0.3) is 77.9 Å². The average Bonchev–Trinajstić information content (AvgIpc) is 3.74. The molecule has 3 aliphatic rings. The number of aliphatic hydroxyl groups is 1. The van der Waals surface area contributed by atoms with Gasteiger partial charge in [-0.1, -0.05) is 162 Å². The van der Waals surface area contributed by atoms with Crippen molar-refractivity contribution in [1.29, 1.82) is 0 Å². The Hall–Kier alpha value is -6.28. The lowest BCUT2D eigenvalue weighted by Crippen LogP contribution is -2.16. The van der Waals surface area contributed by atoms with Crippen molar-refractivity contribution in [3.05, 3.63) is 201 Å². The molecule has 0 saturated carbocycles. The van der Waals surface area contributed by atoms with Crippen molar-refractivity contribution in [2.75, 3.05) is 6.61 Å². The van der Waals surface area contributed by atoms with E-state index in [9.17, 15) is 5.11 Å². The summed E-state index contributed by atoms with van der Waals surface area (Å²) in [7, 11) is 0. The molecule has 0 fully saturated rings. The van der Waals surface area contributed by atoms with Gasteiger partial charge in [0, 0.05) is 22.9 Å². The van der Waals surface area contributed by atoms with E-state index in [1.165, 1.54) is 134 Å². The predicted molar refractivity (Wildman–Crippen MR) is 266 cm³/mol. The minimum atomic E-state index is -0.143. The zero-order valence-electron chi connectivity index (χ0n) is 38.2. The smallest absolute Gasteiger partial charge is 0.0471 e. The Morgan fingerprint density at radius 2 is 0.603 bits per heavy atom. The summed E-state index contributed by atoms with van der Waals surface area (Å²) >= 11 is 0. The van der Waals surface area contributed by atoms with Crippen LogP contribution in [0.15, 0.2) is 146 Å². The first-order chi connectivity index (χ1) is 30.1. The summed E-state index contributed by atoms with van der Waals surface area (Å²) in [5, 5.41) is 9.43. The molecule has 63 heavy (non-hydrogen) atoms. The van der Waals surface area contributed by atoms with Gasteiger partial charge in [0.05, 0.1) is 0 Å². The molecule has 0 unspecified atom stereocenters. The lowest BCUT2D eigenvalue weighted by atomic mass is 9.79. The summed E-state index contributed by atoms with van der Waals surface area (Å²) in [4.78, 5) is 0. The molecule has 1 heteroatoms. The van der Waals surface area contributed by atoms with Crippen LogP contribution >= 0.6 is 0 Å². The Labute approximate surface area is 374 Å². The van der Waals surface area contributed by atoms with Gasteiger partial charge in [0.1, 0.15) is 0 Å². The maximum atomic E-state index is 9.43. The summed E-state index contributed by atoms with van der Waals surface area (Å²) in [6, 6.07) is 56.1. The molecule has 8 aromatic carbocycles. The fourth-order valence-electron chi connectivity index (χ4n) is 11.7. The van der Waals surface area contributed by atoms with Gasteiger partial charge in [0.15, 0.2) is 0 Å². The lowest BCUT2D eigenvalue weighted by molar-refractivity contribution is 0.299. The summed E-state index contributed by atoms with van der Waals surface area (Å²) in [6.45, 7) is 21.1. The number of hydrogen-bond donors (Lipinski definition) is 1. The minimum absolute atomic E-state index is 0.0313. The number of aryl methyl sites for hydroxylation is 3. The van der Waals surface area contributed by atoms with Crippen LogP contribution in [0.5, 0.6) is 0 Å². The van der Waals surface area contributed by atoms with Gasteiger partial charge in [-0.2, -0.15) is 0 Å². The third-order valence-corrected chi connectivity index (χ3v) is 15.4. The second-order valence-corrected chi connectivity index (χ2v) is 20.4. The van der Waals surface area contributed by atoms with Gasteiger partial charge in [-0.05, 0) is 185 Å². The van der Waals surface area contributed by atoms with E-state index in [0.29, 0.717) is 6.42 Å². The number of benzene rings is 8.